The van der Waals surface area contributed by atoms with Gasteiger partial charge in [0.05, 0.1) is 16.4 Å². The van der Waals surface area contributed by atoms with Gasteiger partial charge in [0.25, 0.3) is 0 Å². The number of nitrogens with zero attached hydrogens (tertiary/aromatic N) is 3. The SMILES string of the molecule is Cc1c(C(=O)O)nnn1-c1ccc(F)cc1Cl. The Labute approximate surface area is 100 Å². The molecule has 0 atom stereocenters. The maximum Gasteiger partial charge on any atom is 0.358 e. The molecule has 2 aromatic rings. The van der Waals surface area contributed by atoms with Gasteiger partial charge in [0.15, 0.2) is 5.69 Å². The van der Waals surface area contributed by atoms with E-state index in [1.165, 1.54) is 16.8 Å². The molecular formula is C10H7ClFN3O2. The predicted octanol–water partition coefficient (Wildman–Crippen LogP) is 2.07. The summed E-state index contributed by atoms with van der Waals surface area (Å²) < 4.78 is 14.1. The Hall–Kier alpha value is -1.95. The van der Waals surface area contributed by atoms with Crippen molar-refractivity contribution in [1.29, 1.82) is 0 Å². The molecule has 1 aromatic carbocycles. The van der Waals surface area contributed by atoms with Crippen molar-refractivity contribution in [1.82, 2.24) is 15.0 Å². The lowest BCUT2D eigenvalue weighted by atomic mass is 10.3. The molecule has 1 heterocycles. The number of carboxylic acid groups (broad SMARTS) is 1. The number of hydrogen-bond donors (Lipinski definition) is 1. The normalized spacial score (nSPS) is 10.5. The first-order valence-electron chi connectivity index (χ1n) is 4.61. The van der Waals surface area contributed by atoms with Crippen molar-refractivity contribution in [2.24, 2.45) is 0 Å². The molecule has 0 aliphatic rings. The van der Waals surface area contributed by atoms with Crippen LogP contribution in [-0.4, -0.2) is 26.1 Å². The lowest BCUT2D eigenvalue weighted by Gasteiger charge is -2.05. The second-order valence-corrected chi connectivity index (χ2v) is 3.74. The summed E-state index contributed by atoms with van der Waals surface area (Å²) in [4.78, 5) is 10.8. The number of hydrogen-bond acceptors (Lipinski definition) is 3. The second kappa shape index (κ2) is 4.14. The molecule has 1 N–H and O–H groups in total. The summed E-state index contributed by atoms with van der Waals surface area (Å²) in [5.41, 5.74) is 0.543. The number of rotatable bonds is 2. The number of aromatic nitrogens is 3. The first-order valence-corrected chi connectivity index (χ1v) is 4.99. The van der Waals surface area contributed by atoms with E-state index >= 15 is 0 Å². The van der Waals surface area contributed by atoms with Crippen molar-refractivity contribution < 1.29 is 14.3 Å². The monoisotopic (exact) mass is 255 g/mol. The number of carbonyl (C=O) groups is 1. The third-order valence-electron chi connectivity index (χ3n) is 2.24. The van der Waals surface area contributed by atoms with Crippen molar-refractivity contribution in [3.63, 3.8) is 0 Å². The minimum atomic E-state index is -1.17. The minimum absolute atomic E-state index is 0.134. The zero-order valence-corrected chi connectivity index (χ0v) is 9.44. The van der Waals surface area contributed by atoms with E-state index in [-0.39, 0.29) is 10.7 Å². The molecule has 0 saturated carbocycles. The van der Waals surface area contributed by atoms with Crippen LogP contribution in [-0.2, 0) is 0 Å². The molecular weight excluding hydrogens is 249 g/mol. The summed E-state index contributed by atoms with van der Waals surface area (Å²) in [5, 5.41) is 16.2. The van der Waals surface area contributed by atoms with E-state index in [2.05, 4.69) is 10.3 Å². The van der Waals surface area contributed by atoms with Gasteiger partial charge >= 0.3 is 5.97 Å². The third-order valence-corrected chi connectivity index (χ3v) is 2.54. The summed E-state index contributed by atoms with van der Waals surface area (Å²) >= 11 is 5.85. The largest absolute Gasteiger partial charge is 0.476 e. The zero-order valence-electron chi connectivity index (χ0n) is 8.69. The standard InChI is InChI=1S/C10H7ClFN3O2/c1-5-9(10(16)17)13-14-15(5)8-3-2-6(12)4-7(8)11/h2-4H,1H3,(H,16,17). The summed E-state index contributed by atoms with van der Waals surface area (Å²) in [7, 11) is 0. The molecule has 0 amide bonds. The van der Waals surface area contributed by atoms with E-state index in [4.69, 9.17) is 16.7 Å². The lowest BCUT2D eigenvalue weighted by Crippen LogP contribution is -2.03. The van der Waals surface area contributed by atoms with Crippen LogP contribution in [0, 0.1) is 12.7 Å². The van der Waals surface area contributed by atoms with Crippen LogP contribution < -0.4 is 0 Å². The quantitative estimate of drug-likeness (QED) is 0.892. The maximum atomic E-state index is 12.9. The number of benzene rings is 1. The highest BCUT2D eigenvalue weighted by molar-refractivity contribution is 6.32. The molecule has 5 nitrogen and oxygen atoms in total. The highest BCUT2D eigenvalue weighted by Crippen LogP contribution is 2.22. The van der Waals surface area contributed by atoms with Gasteiger partial charge in [-0.3, -0.25) is 0 Å². The fraction of sp³-hybridized carbons (Fsp3) is 0.100. The van der Waals surface area contributed by atoms with Gasteiger partial charge in [-0.1, -0.05) is 16.8 Å². The smallest absolute Gasteiger partial charge is 0.358 e. The van der Waals surface area contributed by atoms with Crippen molar-refractivity contribution >= 4 is 17.6 Å². The third kappa shape index (κ3) is 1.99. The van der Waals surface area contributed by atoms with E-state index in [1.807, 2.05) is 0 Å². The molecule has 0 fully saturated rings. The van der Waals surface area contributed by atoms with Crippen LogP contribution in [0.4, 0.5) is 4.39 Å². The Kier molecular flexibility index (Phi) is 2.81. The summed E-state index contributed by atoms with van der Waals surface area (Å²) in [6, 6.07) is 3.74. The van der Waals surface area contributed by atoms with Crippen LogP contribution >= 0.6 is 11.6 Å². The maximum absolute atomic E-state index is 12.9. The lowest BCUT2D eigenvalue weighted by molar-refractivity contribution is 0.0689. The summed E-state index contributed by atoms with van der Waals surface area (Å²) in [6.07, 6.45) is 0. The average molecular weight is 256 g/mol. The van der Waals surface area contributed by atoms with E-state index in [1.54, 1.807) is 6.92 Å². The fourth-order valence-corrected chi connectivity index (χ4v) is 1.66. The molecule has 0 bridgehead atoms. The minimum Gasteiger partial charge on any atom is -0.476 e. The van der Waals surface area contributed by atoms with Gasteiger partial charge in [0.1, 0.15) is 5.82 Å². The van der Waals surface area contributed by atoms with Crippen LogP contribution in [0.15, 0.2) is 18.2 Å². The van der Waals surface area contributed by atoms with Gasteiger partial charge in [-0.15, -0.1) is 5.10 Å². The van der Waals surface area contributed by atoms with Crippen molar-refractivity contribution in [3.8, 4) is 5.69 Å². The molecule has 0 spiro atoms. The average Bonchev–Trinajstić information content (AvgIpc) is 2.60. The zero-order chi connectivity index (χ0) is 12.6. The Morgan fingerprint density at radius 3 is 2.76 bits per heavy atom. The van der Waals surface area contributed by atoms with E-state index in [9.17, 15) is 9.18 Å². The van der Waals surface area contributed by atoms with Gasteiger partial charge in [-0.2, -0.15) is 0 Å². The van der Waals surface area contributed by atoms with Gasteiger partial charge < -0.3 is 5.11 Å². The molecule has 0 aliphatic heterocycles. The topological polar surface area (TPSA) is 68.0 Å². The highest BCUT2D eigenvalue weighted by Gasteiger charge is 2.17. The van der Waals surface area contributed by atoms with Crippen molar-refractivity contribution in [3.05, 3.63) is 40.4 Å². The van der Waals surface area contributed by atoms with Gasteiger partial charge in [0, 0.05) is 0 Å². The predicted molar refractivity (Wildman–Crippen MR) is 58.0 cm³/mol. The van der Waals surface area contributed by atoms with Crippen molar-refractivity contribution in [2.45, 2.75) is 6.92 Å². The van der Waals surface area contributed by atoms with Gasteiger partial charge in [0.2, 0.25) is 0 Å². The number of aromatic carboxylic acids is 1. The molecule has 0 saturated heterocycles. The number of halogens is 2. The van der Waals surface area contributed by atoms with Crippen LogP contribution in [0.25, 0.3) is 5.69 Å². The molecule has 7 heteroatoms. The molecule has 0 unspecified atom stereocenters. The molecule has 0 aliphatic carbocycles. The summed E-state index contributed by atoms with van der Waals surface area (Å²) in [5.74, 6) is -1.65. The second-order valence-electron chi connectivity index (χ2n) is 3.34. The Bertz CT molecular complexity index is 597. The molecule has 1 aromatic heterocycles. The molecule has 17 heavy (non-hydrogen) atoms. The van der Waals surface area contributed by atoms with Gasteiger partial charge in [-0.25, -0.2) is 13.9 Å². The van der Waals surface area contributed by atoms with Crippen LogP contribution in [0.1, 0.15) is 16.2 Å². The fourth-order valence-electron chi connectivity index (χ4n) is 1.41. The van der Waals surface area contributed by atoms with Crippen LogP contribution in [0.2, 0.25) is 5.02 Å². The Morgan fingerprint density at radius 1 is 1.53 bits per heavy atom. The van der Waals surface area contributed by atoms with Crippen molar-refractivity contribution in [2.75, 3.05) is 0 Å². The van der Waals surface area contributed by atoms with Crippen LogP contribution in [0.3, 0.4) is 0 Å². The highest BCUT2D eigenvalue weighted by atomic mass is 35.5. The van der Waals surface area contributed by atoms with Gasteiger partial charge in [-0.05, 0) is 25.1 Å². The van der Waals surface area contributed by atoms with E-state index in [0.29, 0.717) is 11.4 Å². The van der Waals surface area contributed by atoms with Crippen LogP contribution in [0.5, 0.6) is 0 Å². The Balaban J connectivity index is 2.57. The Morgan fingerprint density at radius 2 is 2.24 bits per heavy atom. The molecule has 88 valence electrons. The summed E-state index contributed by atoms with van der Waals surface area (Å²) in [6.45, 7) is 1.54. The first-order chi connectivity index (χ1) is 8.00. The van der Waals surface area contributed by atoms with E-state index < -0.39 is 11.8 Å². The molecule has 0 radical (unpaired) electrons. The molecule has 2 rings (SSSR count). The van der Waals surface area contributed by atoms with E-state index in [0.717, 1.165) is 6.07 Å². The first kappa shape index (κ1) is 11.5. The number of carboxylic acids is 1.